The monoisotopic (exact) mass is 313 g/mol. The summed E-state index contributed by atoms with van der Waals surface area (Å²) in [6, 6.07) is 2.64. The molecule has 2 aromatic heterocycles. The minimum atomic E-state index is -3.91. The normalized spacial score (nSPS) is 11.5. The second-order valence-electron chi connectivity index (χ2n) is 3.76. The molecule has 0 fully saturated rings. The summed E-state index contributed by atoms with van der Waals surface area (Å²) in [4.78, 5) is 23.0. The molecule has 2 radical (unpaired) electrons. The Morgan fingerprint density at radius 3 is 2.65 bits per heavy atom. The average Bonchev–Trinajstić information content (AvgIpc) is 2.77. The first kappa shape index (κ1) is 14.6. The summed E-state index contributed by atoms with van der Waals surface area (Å²) in [7, 11) is 3.49. The van der Waals surface area contributed by atoms with Crippen LogP contribution in [-0.2, 0) is 14.6 Å². The van der Waals surface area contributed by atoms with Gasteiger partial charge in [-0.3, -0.25) is 4.31 Å². The molecular weight excluding hydrogens is 305 g/mol. The number of thiophene rings is 1. The van der Waals surface area contributed by atoms with Crippen molar-refractivity contribution >= 4 is 49.6 Å². The number of carbonyl (C=O) groups is 1. The van der Waals surface area contributed by atoms with Crippen LogP contribution in [-0.4, -0.2) is 35.7 Å². The van der Waals surface area contributed by atoms with Crippen LogP contribution < -0.4 is 9.93 Å². The van der Waals surface area contributed by atoms with E-state index in [1.165, 1.54) is 19.2 Å². The van der Waals surface area contributed by atoms with Gasteiger partial charge in [-0.25, -0.2) is 18.0 Å². The summed E-state index contributed by atoms with van der Waals surface area (Å²) in [5.41, 5.74) is -0.947. The molecule has 7 nitrogen and oxygen atoms in total. The van der Waals surface area contributed by atoms with Crippen LogP contribution in [0.25, 0.3) is 10.3 Å². The van der Waals surface area contributed by atoms with Gasteiger partial charge in [0.15, 0.2) is 15.5 Å². The number of nitrogens with zero attached hydrogens (tertiary/aromatic N) is 1. The van der Waals surface area contributed by atoms with Crippen molar-refractivity contribution in [1.82, 2.24) is 0 Å². The van der Waals surface area contributed by atoms with Crippen LogP contribution in [0.5, 0.6) is 0 Å². The van der Waals surface area contributed by atoms with E-state index in [1.807, 2.05) is 0 Å². The quantitative estimate of drug-likeness (QED) is 0.605. The topological polar surface area (TPSA) is 93.9 Å². The lowest BCUT2D eigenvalue weighted by atomic mass is 10.3. The van der Waals surface area contributed by atoms with E-state index < -0.39 is 21.5 Å². The highest BCUT2D eigenvalue weighted by molar-refractivity contribution is 8.13. The van der Waals surface area contributed by atoms with Crippen molar-refractivity contribution in [3.8, 4) is 0 Å². The Labute approximate surface area is 119 Å². The molecule has 0 spiro atoms. The van der Waals surface area contributed by atoms with Gasteiger partial charge in [0, 0.05) is 13.1 Å². The zero-order chi connectivity index (χ0) is 15.1. The fourth-order valence-corrected chi connectivity index (χ4v) is 3.06. The van der Waals surface area contributed by atoms with Crippen molar-refractivity contribution in [3.63, 3.8) is 0 Å². The predicted octanol–water partition coefficient (Wildman–Crippen LogP) is 0.491. The van der Waals surface area contributed by atoms with Crippen molar-refractivity contribution in [2.75, 3.05) is 18.5 Å². The molecule has 0 aliphatic heterocycles. The number of anilines is 1. The predicted molar refractivity (Wildman–Crippen MR) is 74.8 cm³/mol. The number of rotatable bonds is 3. The van der Waals surface area contributed by atoms with Crippen LogP contribution in [0, 0.1) is 0 Å². The Bertz CT molecular complexity index is 837. The highest BCUT2D eigenvalue weighted by Crippen LogP contribution is 2.32. The fourth-order valence-electron chi connectivity index (χ4n) is 1.43. The van der Waals surface area contributed by atoms with Crippen molar-refractivity contribution in [2.24, 2.45) is 0 Å². The average molecular weight is 313 g/mol. The maximum atomic E-state index is 11.6. The van der Waals surface area contributed by atoms with Gasteiger partial charge in [0.25, 0.3) is 7.12 Å². The minimum absolute atomic E-state index is 0.165. The van der Waals surface area contributed by atoms with E-state index >= 15 is 0 Å². The van der Waals surface area contributed by atoms with Gasteiger partial charge in [0.2, 0.25) is 0 Å². The second-order valence-corrected chi connectivity index (χ2v) is 6.40. The Hall–Kier alpha value is -1.81. The van der Waals surface area contributed by atoms with Gasteiger partial charge in [-0.05, 0) is 6.07 Å². The van der Waals surface area contributed by atoms with Gasteiger partial charge < -0.3 is 9.15 Å². The van der Waals surface area contributed by atoms with Gasteiger partial charge in [-0.15, -0.1) is 11.3 Å². The number of fused-ring (bicyclic) bond motifs is 1. The van der Waals surface area contributed by atoms with Crippen molar-refractivity contribution < 1.29 is 22.4 Å². The summed E-state index contributed by atoms with van der Waals surface area (Å²) in [5, 5.41) is 0.257. The molecule has 104 valence electrons. The SMILES string of the molecule is [B]S(=O)(=O)N(C)c1cc2oc(=O)c(C(=O)OC)cc2s1. The lowest BCUT2D eigenvalue weighted by Crippen LogP contribution is -2.24. The molecular formula is C10H8BNO6S2. The van der Waals surface area contributed by atoms with E-state index in [0.29, 0.717) is 4.70 Å². The van der Waals surface area contributed by atoms with Gasteiger partial charge in [0.05, 0.1) is 11.8 Å². The molecule has 0 aliphatic rings. The zero-order valence-electron chi connectivity index (χ0n) is 10.4. The van der Waals surface area contributed by atoms with E-state index in [4.69, 9.17) is 11.5 Å². The van der Waals surface area contributed by atoms with Gasteiger partial charge in [0.1, 0.15) is 10.6 Å². The van der Waals surface area contributed by atoms with Crippen molar-refractivity contribution in [3.05, 3.63) is 28.1 Å². The minimum Gasteiger partial charge on any atom is -0.465 e. The first-order valence-corrected chi connectivity index (χ1v) is 7.48. The van der Waals surface area contributed by atoms with Gasteiger partial charge in [-0.2, -0.15) is 0 Å². The molecule has 0 bridgehead atoms. The van der Waals surface area contributed by atoms with Crippen LogP contribution >= 0.6 is 11.3 Å². The third-order valence-electron chi connectivity index (χ3n) is 2.51. The van der Waals surface area contributed by atoms with E-state index in [1.54, 1.807) is 0 Å². The number of esters is 1. The number of ether oxygens (including phenoxy) is 1. The first-order valence-electron chi connectivity index (χ1n) is 5.16. The summed E-state index contributed by atoms with van der Waals surface area (Å²) in [6.07, 6.45) is 0. The maximum Gasteiger partial charge on any atom is 0.351 e. The molecule has 0 aliphatic carbocycles. The van der Waals surface area contributed by atoms with E-state index in [2.05, 4.69) is 4.74 Å². The van der Waals surface area contributed by atoms with Crippen molar-refractivity contribution in [1.29, 1.82) is 0 Å². The molecule has 10 heteroatoms. The Morgan fingerprint density at radius 2 is 2.10 bits per heavy atom. The van der Waals surface area contributed by atoms with Crippen molar-refractivity contribution in [2.45, 2.75) is 0 Å². The lowest BCUT2D eigenvalue weighted by Gasteiger charge is -2.13. The number of hydrogen-bond donors (Lipinski definition) is 0. The fraction of sp³-hybridized carbons (Fsp3) is 0.200. The van der Waals surface area contributed by atoms with Crippen LogP contribution in [0.2, 0.25) is 0 Å². The molecule has 0 unspecified atom stereocenters. The first-order chi connectivity index (χ1) is 9.24. The third kappa shape index (κ3) is 2.56. The number of carbonyl (C=O) groups excluding carboxylic acids is 1. The highest BCUT2D eigenvalue weighted by Gasteiger charge is 2.19. The van der Waals surface area contributed by atoms with Crippen LogP contribution in [0.4, 0.5) is 5.00 Å². The molecule has 0 aromatic carbocycles. The molecule has 2 rings (SSSR count). The summed E-state index contributed by atoms with van der Waals surface area (Å²) in [5.74, 6) is -0.824. The standard InChI is InChI=1S/C10H8BNO6S2/c1-12(20(11,15)16)8-4-6-7(19-8)3-5(9(13)17-2)10(14)18-6/h3-4H,1-2H3. The number of methoxy groups -OCH3 is 1. The van der Waals surface area contributed by atoms with E-state index in [-0.39, 0.29) is 16.1 Å². The van der Waals surface area contributed by atoms with E-state index in [9.17, 15) is 18.0 Å². The van der Waals surface area contributed by atoms with E-state index in [0.717, 1.165) is 22.8 Å². The molecule has 0 amide bonds. The van der Waals surface area contributed by atoms with Gasteiger partial charge >= 0.3 is 11.6 Å². The molecule has 0 saturated heterocycles. The number of hydrogen-bond acceptors (Lipinski definition) is 7. The molecule has 2 aromatic rings. The summed E-state index contributed by atoms with van der Waals surface area (Å²) in [6.45, 7) is 0. The Balaban J connectivity index is 2.61. The Kier molecular flexibility index (Phi) is 3.61. The molecule has 0 N–H and O–H groups in total. The van der Waals surface area contributed by atoms with Crippen LogP contribution in [0.1, 0.15) is 10.4 Å². The molecule has 0 atom stereocenters. The highest BCUT2D eigenvalue weighted by atomic mass is 32.2. The molecule has 0 saturated carbocycles. The molecule has 20 heavy (non-hydrogen) atoms. The summed E-state index contributed by atoms with van der Waals surface area (Å²) >= 11 is 1.01. The van der Waals surface area contributed by atoms with Crippen LogP contribution in [0.15, 0.2) is 21.3 Å². The lowest BCUT2D eigenvalue weighted by molar-refractivity contribution is 0.0596. The second kappa shape index (κ2) is 4.95. The largest absolute Gasteiger partial charge is 0.465 e. The maximum absolute atomic E-state index is 11.6. The Morgan fingerprint density at radius 1 is 1.45 bits per heavy atom. The third-order valence-corrected chi connectivity index (χ3v) is 4.72. The molecule has 2 heterocycles. The van der Waals surface area contributed by atoms with Gasteiger partial charge in [-0.1, -0.05) is 0 Å². The smallest absolute Gasteiger partial charge is 0.351 e. The summed E-state index contributed by atoms with van der Waals surface area (Å²) < 4.78 is 33.2. The van der Waals surface area contributed by atoms with Crippen LogP contribution in [0.3, 0.4) is 0 Å². The zero-order valence-corrected chi connectivity index (χ0v) is 12.1.